The minimum absolute atomic E-state index is 0.0316. The van der Waals surface area contributed by atoms with Crippen LogP contribution < -0.4 is 11.1 Å². The molecule has 0 bridgehead atoms. The van der Waals surface area contributed by atoms with Gasteiger partial charge in [0.1, 0.15) is 0 Å². The van der Waals surface area contributed by atoms with Crippen molar-refractivity contribution in [3.63, 3.8) is 0 Å². The van der Waals surface area contributed by atoms with Crippen LogP contribution in [0.1, 0.15) is 19.3 Å². The number of hydrogen-bond acceptors (Lipinski definition) is 4. The van der Waals surface area contributed by atoms with Gasteiger partial charge >= 0.3 is 0 Å². The topological polar surface area (TPSA) is 88.2 Å². The third kappa shape index (κ3) is 2.70. The second kappa shape index (κ2) is 4.49. The molecule has 5 heteroatoms. The van der Waals surface area contributed by atoms with Crippen LogP contribution in [0.4, 0.5) is 5.82 Å². The van der Waals surface area contributed by atoms with E-state index in [0.717, 1.165) is 12.8 Å². The lowest BCUT2D eigenvalue weighted by atomic mass is 10.1. The van der Waals surface area contributed by atoms with Crippen LogP contribution in [0.3, 0.4) is 0 Å². The molecule has 1 aliphatic carbocycles. The zero-order valence-electron chi connectivity index (χ0n) is 8.89. The maximum atomic E-state index is 11.6. The highest BCUT2D eigenvalue weighted by atomic mass is 16.3. The van der Waals surface area contributed by atoms with Gasteiger partial charge in [0.25, 0.3) is 0 Å². The van der Waals surface area contributed by atoms with E-state index in [1.807, 2.05) is 0 Å². The van der Waals surface area contributed by atoms with Crippen LogP contribution in [0.2, 0.25) is 0 Å². The smallest absolute Gasteiger partial charge is 0.227 e. The van der Waals surface area contributed by atoms with Crippen LogP contribution >= 0.6 is 0 Å². The molecule has 4 N–H and O–H groups in total. The van der Waals surface area contributed by atoms with E-state index in [1.165, 1.54) is 12.3 Å². The molecule has 2 rings (SSSR count). The van der Waals surface area contributed by atoms with Gasteiger partial charge in [-0.2, -0.15) is 0 Å². The first-order chi connectivity index (χ1) is 7.66. The summed E-state index contributed by atoms with van der Waals surface area (Å²) in [6.07, 6.45) is 4.02. The molecule has 1 fully saturated rings. The van der Waals surface area contributed by atoms with E-state index < -0.39 is 0 Å². The fourth-order valence-corrected chi connectivity index (χ4v) is 1.58. The summed E-state index contributed by atoms with van der Waals surface area (Å²) in [6, 6.07) is 3.00. The third-order valence-corrected chi connectivity index (χ3v) is 2.69. The zero-order chi connectivity index (χ0) is 11.5. The standard InChI is InChI=1S/C11H15N3O2/c12-8(7-3-4-7)6-10(16)14-11-9(15)2-1-5-13-11/h1-2,5,7-8,15H,3-4,6,12H2,(H,13,14,16). The first-order valence-electron chi connectivity index (χ1n) is 5.36. The van der Waals surface area contributed by atoms with Gasteiger partial charge in [-0.05, 0) is 30.9 Å². The number of amides is 1. The van der Waals surface area contributed by atoms with Gasteiger partial charge in [0.05, 0.1) is 0 Å². The normalized spacial score (nSPS) is 16.8. The van der Waals surface area contributed by atoms with Crippen molar-refractivity contribution in [2.75, 3.05) is 5.32 Å². The Morgan fingerprint density at radius 2 is 2.44 bits per heavy atom. The summed E-state index contributed by atoms with van der Waals surface area (Å²) in [5.41, 5.74) is 5.83. The summed E-state index contributed by atoms with van der Waals surface area (Å²) in [5.74, 6) is 0.447. The Balaban J connectivity index is 1.89. The number of rotatable bonds is 4. The molecule has 1 aromatic heterocycles. The van der Waals surface area contributed by atoms with Crippen molar-refractivity contribution in [2.45, 2.75) is 25.3 Å². The number of nitrogens with one attached hydrogen (secondary N) is 1. The highest BCUT2D eigenvalue weighted by Crippen LogP contribution is 2.32. The lowest BCUT2D eigenvalue weighted by Crippen LogP contribution is -2.29. The van der Waals surface area contributed by atoms with Crippen molar-refractivity contribution in [2.24, 2.45) is 11.7 Å². The van der Waals surface area contributed by atoms with Crippen molar-refractivity contribution >= 4 is 11.7 Å². The fourth-order valence-electron chi connectivity index (χ4n) is 1.58. The van der Waals surface area contributed by atoms with Gasteiger partial charge in [0, 0.05) is 18.7 Å². The molecule has 1 aromatic rings. The van der Waals surface area contributed by atoms with Crippen molar-refractivity contribution in [1.29, 1.82) is 0 Å². The van der Waals surface area contributed by atoms with Crippen LogP contribution in [0.25, 0.3) is 0 Å². The van der Waals surface area contributed by atoms with Crippen LogP contribution in [-0.4, -0.2) is 22.0 Å². The third-order valence-electron chi connectivity index (χ3n) is 2.69. The predicted octanol–water partition coefficient (Wildman–Crippen LogP) is 0.853. The molecule has 0 aromatic carbocycles. The van der Waals surface area contributed by atoms with E-state index in [4.69, 9.17) is 5.73 Å². The fraction of sp³-hybridized carbons (Fsp3) is 0.455. The van der Waals surface area contributed by atoms with Gasteiger partial charge in [0.2, 0.25) is 5.91 Å². The number of aromatic hydroxyl groups is 1. The maximum Gasteiger partial charge on any atom is 0.227 e. The number of aromatic nitrogens is 1. The van der Waals surface area contributed by atoms with E-state index in [0.29, 0.717) is 5.92 Å². The molecule has 5 nitrogen and oxygen atoms in total. The summed E-state index contributed by atoms with van der Waals surface area (Å²) in [7, 11) is 0. The van der Waals surface area contributed by atoms with Crippen molar-refractivity contribution < 1.29 is 9.90 Å². The van der Waals surface area contributed by atoms with Crippen molar-refractivity contribution in [1.82, 2.24) is 4.98 Å². The van der Waals surface area contributed by atoms with Crippen molar-refractivity contribution in [3.8, 4) is 5.75 Å². The van der Waals surface area contributed by atoms with E-state index in [2.05, 4.69) is 10.3 Å². The molecule has 86 valence electrons. The molecule has 1 aliphatic rings. The Hall–Kier alpha value is -1.62. The molecule has 1 saturated carbocycles. The van der Waals surface area contributed by atoms with Gasteiger partial charge in [-0.3, -0.25) is 4.79 Å². The van der Waals surface area contributed by atoms with Gasteiger partial charge in [-0.25, -0.2) is 4.98 Å². The molecule has 0 radical (unpaired) electrons. The average molecular weight is 221 g/mol. The summed E-state index contributed by atoms with van der Waals surface area (Å²) in [4.78, 5) is 15.4. The average Bonchev–Trinajstić information content (AvgIpc) is 3.04. The predicted molar refractivity (Wildman–Crippen MR) is 59.8 cm³/mol. The molecule has 16 heavy (non-hydrogen) atoms. The van der Waals surface area contributed by atoms with E-state index in [9.17, 15) is 9.90 Å². The van der Waals surface area contributed by atoms with E-state index in [-0.39, 0.29) is 29.9 Å². The minimum atomic E-state index is -0.201. The number of carbonyl (C=O) groups excluding carboxylic acids is 1. The molecule has 0 aliphatic heterocycles. The number of carbonyl (C=O) groups is 1. The van der Waals surface area contributed by atoms with Gasteiger partial charge in [-0.15, -0.1) is 0 Å². The molecule has 1 amide bonds. The highest BCUT2D eigenvalue weighted by molar-refractivity contribution is 5.91. The van der Waals surface area contributed by atoms with Gasteiger partial charge in [-0.1, -0.05) is 0 Å². The number of anilines is 1. The SMILES string of the molecule is NC(CC(=O)Nc1ncccc1O)C1CC1. The summed E-state index contributed by atoms with van der Waals surface area (Å²) in [5, 5.41) is 12.0. The van der Waals surface area contributed by atoms with Gasteiger partial charge in [0.15, 0.2) is 11.6 Å². The Morgan fingerprint density at radius 3 is 3.06 bits per heavy atom. The first kappa shape index (κ1) is 10.9. The lowest BCUT2D eigenvalue weighted by molar-refractivity contribution is -0.116. The quantitative estimate of drug-likeness (QED) is 0.703. The Kier molecular flexibility index (Phi) is 3.05. The summed E-state index contributed by atoms with van der Waals surface area (Å²) < 4.78 is 0. The molecular formula is C11H15N3O2. The van der Waals surface area contributed by atoms with Crippen LogP contribution in [0, 0.1) is 5.92 Å². The number of nitrogens with zero attached hydrogens (tertiary/aromatic N) is 1. The summed E-state index contributed by atoms with van der Waals surface area (Å²) in [6.45, 7) is 0. The number of pyridine rings is 1. The molecule has 0 spiro atoms. The van der Waals surface area contributed by atoms with E-state index >= 15 is 0 Å². The Labute approximate surface area is 93.7 Å². The molecule has 0 saturated heterocycles. The number of nitrogens with two attached hydrogens (primary N) is 1. The monoisotopic (exact) mass is 221 g/mol. The van der Waals surface area contributed by atoms with Gasteiger partial charge < -0.3 is 16.2 Å². The first-order valence-corrected chi connectivity index (χ1v) is 5.36. The molecular weight excluding hydrogens is 206 g/mol. The minimum Gasteiger partial charge on any atom is -0.504 e. The second-order valence-corrected chi connectivity index (χ2v) is 4.12. The zero-order valence-corrected chi connectivity index (χ0v) is 8.89. The maximum absolute atomic E-state index is 11.6. The van der Waals surface area contributed by atoms with E-state index in [1.54, 1.807) is 6.07 Å². The molecule has 1 heterocycles. The van der Waals surface area contributed by atoms with Crippen molar-refractivity contribution in [3.05, 3.63) is 18.3 Å². The second-order valence-electron chi connectivity index (χ2n) is 4.12. The lowest BCUT2D eigenvalue weighted by Gasteiger charge is -2.10. The van der Waals surface area contributed by atoms with Crippen LogP contribution in [0.15, 0.2) is 18.3 Å². The molecule has 1 atom stereocenters. The molecule has 1 unspecified atom stereocenters. The van der Waals surface area contributed by atoms with Crippen LogP contribution in [0.5, 0.6) is 5.75 Å². The Bertz CT molecular complexity index is 391. The summed E-state index contributed by atoms with van der Waals surface area (Å²) >= 11 is 0. The van der Waals surface area contributed by atoms with Crippen LogP contribution in [-0.2, 0) is 4.79 Å². The Morgan fingerprint density at radius 1 is 1.69 bits per heavy atom. The largest absolute Gasteiger partial charge is 0.504 e. The number of hydrogen-bond donors (Lipinski definition) is 3. The highest BCUT2D eigenvalue weighted by Gasteiger charge is 2.29.